The van der Waals surface area contributed by atoms with Crippen molar-refractivity contribution in [2.24, 2.45) is 0 Å². The first-order chi connectivity index (χ1) is 35.4. The van der Waals surface area contributed by atoms with Crippen molar-refractivity contribution in [3.05, 3.63) is 72.9 Å². The summed E-state index contributed by atoms with van der Waals surface area (Å²) < 4.78 is 30.3. The Morgan fingerprint density at radius 2 is 0.877 bits per heavy atom. The van der Waals surface area contributed by atoms with Crippen molar-refractivity contribution in [2.45, 2.75) is 277 Å². The molecule has 0 aromatic carbocycles. The van der Waals surface area contributed by atoms with Crippen molar-refractivity contribution in [2.75, 3.05) is 40.9 Å². The van der Waals surface area contributed by atoms with Crippen LogP contribution in [0.25, 0.3) is 0 Å². The number of ether oxygens (including phenoxy) is 1. The molecule has 0 bridgehead atoms. The van der Waals surface area contributed by atoms with Crippen LogP contribution in [0.4, 0.5) is 0 Å². The molecule has 0 rings (SSSR count). The molecular formula is C63H115N2O7P. The van der Waals surface area contributed by atoms with Crippen LogP contribution < -0.4 is 10.2 Å². The Morgan fingerprint density at radius 3 is 1.32 bits per heavy atom. The zero-order valence-electron chi connectivity index (χ0n) is 48.3. The summed E-state index contributed by atoms with van der Waals surface area (Å²) >= 11 is 0. The number of rotatable bonds is 54. The van der Waals surface area contributed by atoms with Gasteiger partial charge < -0.3 is 28.5 Å². The fourth-order valence-corrected chi connectivity index (χ4v) is 9.21. The summed E-state index contributed by atoms with van der Waals surface area (Å²) in [5.74, 6) is -0.559. The molecule has 9 nitrogen and oxygen atoms in total. The maximum atomic E-state index is 13.5. The first kappa shape index (κ1) is 70.5. The predicted molar refractivity (Wildman–Crippen MR) is 312 cm³/mol. The van der Waals surface area contributed by atoms with E-state index in [4.69, 9.17) is 13.8 Å². The van der Waals surface area contributed by atoms with Crippen LogP contribution in [0.15, 0.2) is 72.9 Å². The number of nitrogens with zero attached hydrogens (tertiary/aromatic N) is 1. The summed E-state index contributed by atoms with van der Waals surface area (Å²) in [5.41, 5.74) is 0. The van der Waals surface area contributed by atoms with Crippen LogP contribution in [0.3, 0.4) is 0 Å². The third kappa shape index (κ3) is 54.1. The number of phosphoric ester groups is 1. The summed E-state index contributed by atoms with van der Waals surface area (Å²) in [6.07, 6.45) is 67.2. The number of unbranched alkanes of at least 4 members (excludes halogenated alkanes) is 28. The van der Waals surface area contributed by atoms with Gasteiger partial charge in [0.2, 0.25) is 5.91 Å². The first-order valence-corrected chi connectivity index (χ1v) is 31.7. The lowest BCUT2D eigenvalue weighted by Gasteiger charge is -2.30. The molecule has 0 aromatic heterocycles. The minimum absolute atomic E-state index is 0.0268. The summed E-state index contributed by atoms with van der Waals surface area (Å²) in [6.45, 7) is 6.72. The van der Waals surface area contributed by atoms with Gasteiger partial charge in [0, 0.05) is 12.8 Å². The average Bonchev–Trinajstić information content (AvgIpc) is 3.35. The number of quaternary nitrogens is 1. The number of amides is 1. The molecule has 1 amide bonds. The molecule has 424 valence electrons. The van der Waals surface area contributed by atoms with Crippen LogP contribution in [-0.2, 0) is 27.9 Å². The zero-order valence-corrected chi connectivity index (χ0v) is 49.2. The molecule has 0 aliphatic carbocycles. The molecule has 0 saturated heterocycles. The fraction of sp³-hybridized carbons (Fsp3) is 0.778. The van der Waals surface area contributed by atoms with E-state index in [-0.39, 0.29) is 24.9 Å². The third-order valence-corrected chi connectivity index (χ3v) is 14.1. The largest absolute Gasteiger partial charge is 0.756 e. The number of likely N-dealkylation sites (N-methyl/N-ethyl adjacent to an activating group) is 1. The average molecular weight is 1040 g/mol. The maximum absolute atomic E-state index is 13.5. The van der Waals surface area contributed by atoms with Crippen molar-refractivity contribution in [3.63, 3.8) is 0 Å². The van der Waals surface area contributed by atoms with E-state index in [1.807, 2.05) is 33.3 Å². The molecule has 0 aliphatic rings. The standard InChI is InChI=1S/C63H115N2O7P/c1-7-10-13-16-19-22-25-28-29-30-31-32-33-34-35-38-41-44-47-50-53-56-63(67)72-61(54-51-48-45-42-39-36-26-23-20-17-14-11-8-2)60(59-71-73(68,69)70-58-57-65(4,5)6)64-62(66)55-52-49-46-43-40-37-27-24-21-18-15-12-9-3/h10,13,19,22,28-29,31-32,34-35,51,54,60-61H,7-9,11-12,14-18,20-21,23-27,30,33,36-50,52-53,55-59H2,1-6H3,(H-,64,66,68,69)/b13-10-,22-19-,29-28-,32-31-,35-34-,54-51+. The Kier molecular flexibility index (Phi) is 51.0. The second-order valence-corrected chi connectivity index (χ2v) is 22.9. The number of hydrogen-bond donors (Lipinski definition) is 1. The third-order valence-electron chi connectivity index (χ3n) is 13.2. The monoisotopic (exact) mass is 1040 g/mol. The number of carbonyl (C=O) groups is 2. The van der Waals surface area contributed by atoms with Gasteiger partial charge in [-0.2, -0.15) is 0 Å². The molecule has 0 aliphatic heterocycles. The van der Waals surface area contributed by atoms with E-state index in [1.165, 1.54) is 122 Å². The Balaban J connectivity index is 5.32. The van der Waals surface area contributed by atoms with Gasteiger partial charge in [0.1, 0.15) is 19.3 Å². The lowest BCUT2D eigenvalue weighted by atomic mass is 10.0. The van der Waals surface area contributed by atoms with E-state index in [9.17, 15) is 19.0 Å². The van der Waals surface area contributed by atoms with E-state index in [2.05, 4.69) is 86.8 Å². The van der Waals surface area contributed by atoms with Gasteiger partial charge in [-0.1, -0.05) is 248 Å². The molecular weight excluding hydrogens is 928 g/mol. The molecule has 0 saturated carbocycles. The van der Waals surface area contributed by atoms with E-state index in [0.717, 1.165) is 103 Å². The summed E-state index contributed by atoms with van der Waals surface area (Å²) in [6, 6.07) is -0.896. The molecule has 0 heterocycles. The maximum Gasteiger partial charge on any atom is 0.306 e. The van der Waals surface area contributed by atoms with Gasteiger partial charge in [-0.15, -0.1) is 0 Å². The fourth-order valence-electron chi connectivity index (χ4n) is 8.49. The van der Waals surface area contributed by atoms with Gasteiger partial charge in [-0.3, -0.25) is 14.2 Å². The predicted octanol–water partition coefficient (Wildman–Crippen LogP) is 17.8. The van der Waals surface area contributed by atoms with Crippen LogP contribution in [-0.4, -0.2) is 69.4 Å². The van der Waals surface area contributed by atoms with Crippen molar-refractivity contribution in [3.8, 4) is 0 Å². The Hall–Kier alpha value is -2.55. The normalized spacial score (nSPS) is 14.2. The van der Waals surface area contributed by atoms with E-state index >= 15 is 0 Å². The molecule has 3 atom stereocenters. The van der Waals surface area contributed by atoms with Crippen molar-refractivity contribution >= 4 is 19.7 Å². The molecule has 0 radical (unpaired) electrons. The highest BCUT2D eigenvalue weighted by Crippen LogP contribution is 2.38. The number of hydrogen-bond acceptors (Lipinski definition) is 7. The molecule has 1 N–H and O–H groups in total. The minimum Gasteiger partial charge on any atom is -0.756 e. The molecule has 3 unspecified atom stereocenters. The molecule has 0 fully saturated rings. The van der Waals surface area contributed by atoms with E-state index in [0.29, 0.717) is 23.9 Å². The minimum atomic E-state index is -4.70. The first-order valence-electron chi connectivity index (χ1n) is 30.2. The molecule has 10 heteroatoms. The van der Waals surface area contributed by atoms with Crippen LogP contribution in [0.1, 0.15) is 265 Å². The quantitative estimate of drug-likeness (QED) is 0.0212. The summed E-state index contributed by atoms with van der Waals surface area (Å²) in [4.78, 5) is 39.9. The topological polar surface area (TPSA) is 114 Å². The highest BCUT2D eigenvalue weighted by molar-refractivity contribution is 7.45. The number of nitrogens with one attached hydrogen (secondary N) is 1. The Bertz CT molecular complexity index is 1480. The Labute approximate surface area is 451 Å². The van der Waals surface area contributed by atoms with Crippen LogP contribution in [0.2, 0.25) is 0 Å². The highest BCUT2D eigenvalue weighted by atomic mass is 31.2. The van der Waals surface area contributed by atoms with Crippen LogP contribution >= 0.6 is 7.82 Å². The lowest BCUT2D eigenvalue weighted by Crippen LogP contribution is -2.47. The van der Waals surface area contributed by atoms with E-state index < -0.39 is 26.6 Å². The second-order valence-electron chi connectivity index (χ2n) is 21.5. The van der Waals surface area contributed by atoms with E-state index in [1.54, 1.807) is 0 Å². The SMILES string of the molecule is CC/C=C\C/C=C\C/C=C\C/C=C\C/C=C\CCCCCCCC(=O)OC(/C=C/CCCCCCCCCCCCC)C(COP(=O)([O-])OCC[N+](C)(C)C)NC(=O)CCCCCCCCCCCCCCC. The van der Waals surface area contributed by atoms with Crippen molar-refractivity contribution < 1.29 is 37.3 Å². The van der Waals surface area contributed by atoms with Crippen molar-refractivity contribution in [1.82, 2.24) is 5.32 Å². The number of allylic oxidation sites excluding steroid dienone is 11. The molecule has 0 aromatic rings. The molecule has 73 heavy (non-hydrogen) atoms. The second kappa shape index (κ2) is 52.9. The highest BCUT2D eigenvalue weighted by Gasteiger charge is 2.27. The van der Waals surface area contributed by atoms with Gasteiger partial charge in [0.05, 0.1) is 33.8 Å². The lowest BCUT2D eigenvalue weighted by molar-refractivity contribution is -0.870. The van der Waals surface area contributed by atoms with Gasteiger partial charge in [0.15, 0.2) is 0 Å². The number of phosphoric acid groups is 1. The summed E-state index contributed by atoms with van der Waals surface area (Å²) in [5, 5.41) is 3.02. The summed E-state index contributed by atoms with van der Waals surface area (Å²) in [7, 11) is 1.17. The van der Waals surface area contributed by atoms with Crippen molar-refractivity contribution in [1.29, 1.82) is 0 Å². The Morgan fingerprint density at radius 1 is 0.493 bits per heavy atom. The van der Waals surface area contributed by atoms with Gasteiger partial charge in [0.25, 0.3) is 7.82 Å². The van der Waals surface area contributed by atoms with Gasteiger partial charge in [-0.05, 0) is 76.7 Å². The number of carbonyl (C=O) groups excluding carboxylic acids is 2. The van der Waals surface area contributed by atoms with Gasteiger partial charge in [-0.25, -0.2) is 0 Å². The van der Waals surface area contributed by atoms with Crippen LogP contribution in [0.5, 0.6) is 0 Å². The number of esters is 1. The van der Waals surface area contributed by atoms with Crippen LogP contribution in [0, 0.1) is 0 Å². The smallest absolute Gasteiger partial charge is 0.306 e. The molecule has 0 spiro atoms. The van der Waals surface area contributed by atoms with Gasteiger partial charge >= 0.3 is 5.97 Å². The zero-order chi connectivity index (χ0) is 53.6.